The minimum Gasteiger partial charge on any atom is -0.393 e. The maximum Gasteiger partial charge on any atom is 0.0540 e. The molecule has 188 valence electrons. The second-order valence-corrected chi connectivity index (χ2v) is 10.2. The fourth-order valence-corrected chi connectivity index (χ4v) is 4.66. The summed E-state index contributed by atoms with van der Waals surface area (Å²) in [4.78, 5) is 0. The van der Waals surface area contributed by atoms with E-state index in [0.29, 0.717) is 0 Å². The molecule has 0 aliphatic rings. The van der Waals surface area contributed by atoms with E-state index >= 15 is 0 Å². The fraction of sp³-hybridized carbons (Fsp3) is 1.00. The Labute approximate surface area is 197 Å². The molecule has 0 aromatic carbocycles. The van der Waals surface area contributed by atoms with Crippen LogP contribution in [-0.4, -0.2) is 22.4 Å². The highest BCUT2D eigenvalue weighted by atomic mass is 16.3. The summed E-state index contributed by atoms with van der Waals surface area (Å²) < 4.78 is 0. The van der Waals surface area contributed by atoms with Crippen LogP contribution < -0.4 is 0 Å². The van der Waals surface area contributed by atoms with Crippen molar-refractivity contribution >= 4 is 0 Å². The van der Waals surface area contributed by atoms with Crippen LogP contribution in [0.15, 0.2) is 0 Å². The molecule has 0 amide bonds. The van der Waals surface area contributed by atoms with Crippen LogP contribution in [0.25, 0.3) is 0 Å². The lowest BCUT2D eigenvalue weighted by molar-refractivity contribution is 0.140. The molecule has 0 saturated heterocycles. The lowest BCUT2D eigenvalue weighted by Gasteiger charge is -2.11. The quantitative estimate of drug-likeness (QED) is 0.131. The van der Waals surface area contributed by atoms with E-state index in [1.54, 1.807) is 0 Å². The van der Waals surface area contributed by atoms with E-state index in [4.69, 9.17) is 0 Å². The van der Waals surface area contributed by atoms with Crippen molar-refractivity contribution in [2.45, 2.75) is 187 Å². The molecular weight excluding hydrogens is 380 g/mol. The van der Waals surface area contributed by atoms with Crippen molar-refractivity contribution in [3.8, 4) is 0 Å². The first-order valence-electron chi connectivity index (χ1n) is 14.6. The van der Waals surface area contributed by atoms with Gasteiger partial charge in [-0.15, -0.1) is 0 Å². The van der Waals surface area contributed by atoms with Gasteiger partial charge in [0.2, 0.25) is 0 Å². The highest BCUT2D eigenvalue weighted by molar-refractivity contribution is 4.59. The average Bonchev–Trinajstić information content (AvgIpc) is 2.76. The summed E-state index contributed by atoms with van der Waals surface area (Å²) in [7, 11) is 0. The van der Waals surface area contributed by atoms with Crippen LogP contribution in [0, 0.1) is 0 Å². The van der Waals surface area contributed by atoms with Gasteiger partial charge in [0.15, 0.2) is 0 Å². The van der Waals surface area contributed by atoms with Crippen LogP contribution >= 0.6 is 0 Å². The van der Waals surface area contributed by atoms with Crippen molar-refractivity contribution < 1.29 is 10.2 Å². The fourth-order valence-electron chi connectivity index (χ4n) is 4.66. The molecule has 2 unspecified atom stereocenters. The second kappa shape index (κ2) is 26.2. The molecule has 2 heteroatoms. The molecule has 0 heterocycles. The molecule has 0 saturated carbocycles. The molecule has 2 nitrogen and oxygen atoms in total. The first-order valence-corrected chi connectivity index (χ1v) is 14.6. The summed E-state index contributed by atoms with van der Waals surface area (Å²) in [5, 5.41) is 19.8. The Bertz CT molecular complexity index is 318. The third kappa shape index (κ3) is 26.1. The molecule has 0 aromatic heterocycles. The van der Waals surface area contributed by atoms with Crippen molar-refractivity contribution in [3.05, 3.63) is 0 Å². The first kappa shape index (κ1) is 30.9. The van der Waals surface area contributed by atoms with E-state index in [-0.39, 0.29) is 12.2 Å². The zero-order valence-electron chi connectivity index (χ0n) is 21.7. The van der Waals surface area contributed by atoms with E-state index in [0.717, 1.165) is 51.4 Å². The average molecular weight is 441 g/mol. The van der Waals surface area contributed by atoms with Gasteiger partial charge in [-0.05, 0) is 25.7 Å². The van der Waals surface area contributed by atoms with Gasteiger partial charge in [0.25, 0.3) is 0 Å². The SMILES string of the molecule is CCCCCCCCCCCCCCCCCCCC(O)CCCCCC(O)CCC. The molecule has 31 heavy (non-hydrogen) atoms. The Hall–Kier alpha value is -0.0800. The standard InChI is InChI=1S/C29H60O2/c1-3-5-6-7-8-9-10-11-12-13-14-15-16-17-18-19-21-26-29(31)27-23-20-22-25-28(30)24-4-2/h28-31H,3-27H2,1-2H3. The number of hydrogen-bond acceptors (Lipinski definition) is 2. The molecule has 0 bridgehead atoms. The Morgan fingerprint density at radius 1 is 0.323 bits per heavy atom. The Morgan fingerprint density at radius 2 is 0.581 bits per heavy atom. The third-order valence-corrected chi connectivity index (χ3v) is 6.84. The molecule has 2 atom stereocenters. The van der Waals surface area contributed by atoms with Crippen LogP contribution in [0.3, 0.4) is 0 Å². The predicted molar refractivity (Wildman–Crippen MR) is 139 cm³/mol. The molecule has 0 aliphatic carbocycles. The molecule has 0 aromatic rings. The van der Waals surface area contributed by atoms with Gasteiger partial charge in [0.05, 0.1) is 12.2 Å². The van der Waals surface area contributed by atoms with Crippen LogP contribution in [-0.2, 0) is 0 Å². The van der Waals surface area contributed by atoms with Crippen molar-refractivity contribution in [2.75, 3.05) is 0 Å². The van der Waals surface area contributed by atoms with Gasteiger partial charge in [-0.2, -0.15) is 0 Å². The van der Waals surface area contributed by atoms with Crippen molar-refractivity contribution in [1.82, 2.24) is 0 Å². The molecule has 0 rings (SSSR count). The van der Waals surface area contributed by atoms with Crippen LogP contribution in [0.5, 0.6) is 0 Å². The lowest BCUT2D eigenvalue weighted by atomic mass is 10.0. The summed E-state index contributed by atoms with van der Waals surface area (Å²) >= 11 is 0. The van der Waals surface area contributed by atoms with Gasteiger partial charge in [-0.25, -0.2) is 0 Å². The Balaban J connectivity index is 3.15. The highest BCUT2D eigenvalue weighted by Crippen LogP contribution is 2.16. The molecule has 0 radical (unpaired) electrons. The highest BCUT2D eigenvalue weighted by Gasteiger charge is 2.05. The Morgan fingerprint density at radius 3 is 0.903 bits per heavy atom. The van der Waals surface area contributed by atoms with Crippen LogP contribution in [0.1, 0.15) is 174 Å². The van der Waals surface area contributed by atoms with E-state index in [1.807, 2.05) is 0 Å². The summed E-state index contributed by atoms with van der Waals surface area (Å²) in [6, 6.07) is 0. The van der Waals surface area contributed by atoms with Gasteiger partial charge in [-0.3, -0.25) is 0 Å². The maximum atomic E-state index is 10.1. The van der Waals surface area contributed by atoms with Crippen molar-refractivity contribution in [2.24, 2.45) is 0 Å². The van der Waals surface area contributed by atoms with Crippen LogP contribution in [0.2, 0.25) is 0 Å². The molecule has 0 spiro atoms. The zero-order chi connectivity index (χ0) is 22.8. The predicted octanol–water partition coefficient (Wildman–Crippen LogP) is 9.50. The third-order valence-electron chi connectivity index (χ3n) is 6.84. The minimum atomic E-state index is -0.107. The molecular formula is C29H60O2. The first-order chi connectivity index (χ1) is 15.2. The zero-order valence-corrected chi connectivity index (χ0v) is 21.7. The lowest BCUT2D eigenvalue weighted by Crippen LogP contribution is -2.07. The maximum absolute atomic E-state index is 10.1. The molecule has 0 fully saturated rings. The van der Waals surface area contributed by atoms with E-state index < -0.39 is 0 Å². The topological polar surface area (TPSA) is 40.5 Å². The number of unbranched alkanes of at least 4 members (excludes halogenated alkanes) is 18. The van der Waals surface area contributed by atoms with Gasteiger partial charge >= 0.3 is 0 Å². The summed E-state index contributed by atoms with van der Waals surface area (Å²) in [5.74, 6) is 0. The number of aliphatic hydroxyl groups excluding tert-OH is 2. The van der Waals surface area contributed by atoms with Gasteiger partial charge < -0.3 is 10.2 Å². The van der Waals surface area contributed by atoms with Gasteiger partial charge in [0.1, 0.15) is 0 Å². The van der Waals surface area contributed by atoms with Crippen molar-refractivity contribution in [3.63, 3.8) is 0 Å². The van der Waals surface area contributed by atoms with E-state index in [1.165, 1.54) is 109 Å². The monoisotopic (exact) mass is 440 g/mol. The van der Waals surface area contributed by atoms with Gasteiger partial charge in [0, 0.05) is 0 Å². The summed E-state index contributed by atoms with van der Waals surface area (Å²) in [5.41, 5.74) is 0. The summed E-state index contributed by atoms with van der Waals surface area (Å²) in [6.07, 6.45) is 31.9. The van der Waals surface area contributed by atoms with Gasteiger partial charge in [-0.1, -0.05) is 149 Å². The number of aliphatic hydroxyl groups is 2. The van der Waals surface area contributed by atoms with E-state index in [2.05, 4.69) is 13.8 Å². The molecule has 0 aliphatic heterocycles. The van der Waals surface area contributed by atoms with Crippen molar-refractivity contribution in [1.29, 1.82) is 0 Å². The van der Waals surface area contributed by atoms with E-state index in [9.17, 15) is 10.2 Å². The smallest absolute Gasteiger partial charge is 0.0540 e. The Kier molecular flexibility index (Phi) is 26.1. The second-order valence-electron chi connectivity index (χ2n) is 10.2. The summed E-state index contributed by atoms with van der Waals surface area (Å²) in [6.45, 7) is 4.41. The molecule has 2 N–H and O–H groups in total. The minimum absolute atomic E-state index is 0.100. The normalized spacial score (nSPS) is 13.5. The van der Waals surface area contributed by atoms with Crippen LogP contribution in [0.4, 0.5) is 0 Å². The number of rotatable bonds is 26. The largest absolute Gasteiger partial charge is 0.393 e. The number of hydrogen-bond donors (Lipinski definition) is 2.